The van der Waals surface area contributed by atoms with Gasteiger partial charge in [-0.25, -0.2) is 0 Å². The maximum atomic E-state index is 3.39. The van der Waals surface area contributed by atoms with Crippen molar-refractivity contribution in [1.82, 2.24) is 0 Å². The molecule has 0 radical (unpaired) electrons. The van der Waals surface area contributed by atoms with Gasteiger partial charge in [0.1, 0.15) is 0 Å². The van der Waals surface area contributed by atoms with Crippen molar-refractivity contribution in [3.63, 3.8) is 0 Å². The second kappa shape index (κ2) is 9.44. The molecule has 0 heteroatoms. The predicted molar refractivity (Wildman–Crippen MR) is 113 cm³/mol. The predicted octanol–water partition coefficient (Wildman–Crippen LogP) is 7.18. The third-order valence-electron chi connectivity index (χ3n) is 5.29. The highest BCUT2D eigenvalue weighted by molar-refractivity contribution is 5.64. The highest BCUT2D eigenvalue weighted by Gasteiger charge is 2.12. The highest BCUT2D eigenvalue weighted by Crippen LogP contribution is 2.26. The van der Waals surface area contributed by atoms with E-state index in [4.69, 9.17) is 0 Å². The topological polar surface area (TPSA) is 0 Å². The molecule has 1 atom stereocenters. The first-order valence-corrected chi connectivity index (χ1v) is 10.2. The van der Waals surface area contributed by atoms with Crippen LogP contribution in [0.15, 0.2) is 60.2 Å². The van der Waals surface area contributed by atoms with Gasteiger partial charge in [0, 0.05) is 5.56 Å². The Morgan fingerprint density at radius 1 is 0.846 bits per heavy atom. The fourth-order valence-corrected chi connectivity index (χ4v) is 3.72. The second-order valence-electron chi connectivity index (χ2n) is 7.43. The molecule has 0 heterocycles. The summed E-state index contributed by atoms with van der Waals surface area (Å²) in [6, 6.07) is 17.6. The molecule has 0 saturated heterocycles. The fourth-order valence-electron chi connectivity index (χ4n) is 3.72. The average Bonchev–Trinajstić information content (AvgIpc) is 2.69. The van der Waals surface area contributed by atoms with Gasteiger partial charge in [-0.15, -0.1) is 0 Å². The molecule has 0 fully saturated rings. The minimum Gasteiger partial charge on any atom is -0.0726 e. The molecule has 0 N–H and O–H groups in total. The fraction of sp³-hybridized carbons (Fsp3) is 0.385. The summed E-state index contributed by atoms with van der Waals surface area (Å²) in [6.45, 7) is 4.50. The van der Waals surface area contributed by atoms with Crippen LogP contribution in [-0.4, -0.2) is 0 Å². The van der Waals surface area contributed by atoms with Crippen molar-refractivity contribution in [2.24, 2.45) is 5.92 Å². The van der Waals surface area contributed by atoms with Gasteiger partial charge in [0.05, 0.1) is 0 Å². The Morgan fingerprint density at radius 2 is 1.54 bits per heavy atom. The molecule has 0 aromatic heterocycles. The Morgan fingerprint density at radius 3 is 2.12 bits per heavy atom. The number of rotatable bonds is 5. The van der Waals surface area contributed by atoms with Gasteiger partial charge in [-0.05, 0) is 66.0 Å². The van der Waals surface area contributed by atoms with Crippen LogP contribution in [0.25, 0.3) is 11.1 Å². The lowest BCUT2D eigenvalue weighted by Crippen LogP contribution is -2.04. The molecule has 0 aliphatic heterocycles. The van der Waals surface area contributed by atoms with Crippen molar-refractivity contribution in [1.29, 1.82) is 0 Å². The van der Waals surface area contributed by atoms with Crippen LogP contribution in [0.3, 0.4) is 0 Å². The largest absolute Gasteiger partial charge is 0.0726 e. The first-order valence-electron chi connectivity index (χ1n) is 10.2. The van der Waals surface area contributed by atoms with Crippen LogP contribution in [0.2, 0.25) is 0 Å². The average molecular weight is 343 g/mol. The molecule has 3 rings (SSSR count). The Labute approximate surface area is 159 Å². The molecule has 0 bridgehead atoms. The summed E-state index contributed by atoms with van der Waals surface area (Å²) in [5.41, 5.74) is 6.39. The molecule has 1 aliphatic carbocycles. The summed E-state index contributed by atoms with van der Waals surface area (Å²) in [4.78, 5) is 0. The van der Waals surface area contributed by atoms with Gasteiger partial charge in [0.2, 0.25) is 0 Å². The standard InChI is InChI=1S/C26H30/c1-3-5-21-7-9-23(10-8-21)11-12-24-15-19-26(20-16-24)25-17-13-22(6-4-2)14-18-25/h9,13-21H,3-8,10H2,1-2H3. The molecular weight excluding hydrogens is 312 g/mol. The number of aryl methyl sites for hydroxylation is 1. The molecule has 0 spiro atoms. The van der Waals surface area contributed by atoms with Crippen molar-refractivity contribution in [3.05, 3.63) is 71.3 Å². The maximum absolute atomic E-state index is 3.39. The smallest absolute Gasteiger partial charge is 0.0249 e. The van der Waals surface area contributed by atoms with Gasteiger partial charge in [0.15, 0.2) is 0 Å². The van der Waals surface area contributed by atoms with E-state index in [-0.39, 0.29) is 0 Å². The lowest BCUT2D eigenvalue weighted by molar-refractivity contribution is 0.436. The van der Waals surface area contributed by atoms with E-state index in [1.807, 2.05) is 0 Å². The van der Waals surface area contributed by atoms with E-state index in [9.17, 15) is 0 Å². The number of benzene rings is 2. The molecule has 2 aromatic carbocycles. The third-order valence-corrected chi connectivity index (χ3v) is 5.29. The van der Waals surface area contributed by atoms with Gasteiger partial charge in [0.25, 0.3) is 0 Å². The molecule has 1 unspecified atom stereocenters. The first-order chi connectivity index (χ1) is 12.8. The van der Waals surface area contributed by atoms with Crippen molar-refractivity contribution in [2.45, 2.75) is 58.8 Å². The molecule has 0 amide bonds. The van der Waals surface area contributed by atoms with E-state index >= 15 is 0 Å². The van der Waals surface area contributed by atoms with Crippen molar-refractivity contribution >= 4 is 0 Å². The monoisotopic (exact) mass is 342 g/mol. The molecular formula is C26H30. The maximum Gasteiger partial charge on any atom is 0.0249 e. The lowest BCUT2D eigenvalue weighted by Gasteiger charge is -2.18. The molecule has 2 aromatic rings. The molecule has 26 heavy (non-hydrogen) atoms. The Bertz CT molecular complexity index is 779. The van der Waals surface area contributed by atoms with Gasteiger partial charge in [-0.2, -0.15) is 0 Å². The van der Waals surface area contributed by atoms with Crippen LogP contribution < -0.4 is 0 Å². The summed E-state index contributed by atoms with van der Waals surface area (Å²) in [5.74, 6) is 7.62. The van der Waals surface area contributed by atoms with Crippen LogP contribution in [0.4, 0.5) is 0 Å². The zero-order chi connectivity index (χ0) is 18.2. The minimum atomic E-state index is 0.883. The Kier molecular flexibility index (Phi) is 6.73. The Balaban J connectivity index is 1.63. The zero-order valence-corrected chi connectivity index (χ0v) is 16.2. The van der Waals surface area contributed by atoms with Gasteiger partial charge < -0.3 is 0 Å². The summed E-state index contributed by atoms with van der Waals surface area (Å²) in [6.07, 6.45) is 11.0. The zero-order valence-electron chi connectivity index (χ0n) is 16.2. The SMILES string of the molecule is CCCc1ccc(-c2ccc(C#CC3=CCC(CCC)CC3)cc2)cc1. The van der Waals surface area contributed by atoms with Crippen molar-refractivity contribution < 1.29 is 0 Å². The van der Waals surface area contributed by atoms with E-state index in [1.165, 1.54) is 54.4 Å². The van der Waals surface area contributed by atoms with E-state index in [2.05, 4.69) is 80.3 Å². The van der Waals surface area contributed by atoms with Crippen LogP contribution in [-0.2, 0) is 6.42 Å². The van der Waals surface area contributed by atoms with Crippen LogP contribution in [0.1, 0.15) is 63.5 Å². The van der Waals surface area contributed by atoms with Crippen LogP contribution in [0, 0.1) is 17.8 Å². The number of allylic oxidation sites excluding steroid dienone is 2. The van der Waals surface area contributed by atoms with Crippen LogP contribution in [0.5, 0.6) is 0 Å². The minimum absolute atomic E-state index is 0.883. The van der Waals surface area contributed by atoms with Crippen molar-refractivity contribution in [2.75, 3.05) is 0 Å². The normalized spacial score (nSPS) is 16.5. The second-order valence-corrected chi connectivity index (χ2v) is 7.43. The summed E-state index contributed by atoms with van der Waals surface area (Å²) < 4.78 is 0. The molecule has 134 valence electrons. The van der Waals surface area contributed by atoms with Crippen LogP contribution >= 0.6 is 0 Å². The van der Waals surface area contributed by atoms with E-state index < -0.39 is 0 Å². The molecule has 0 nitrogen and oxygen atoms in total. The van der Waals surface area contributed by atoms with Gasteiger partial charge in [-0.1, -0.05) is 87.4 Å². The highest BCUT2D eigenvalue weighted by atomic mass is 14.2. The summed E-state index contributed by atoms with van der Waals surface area (Å²) >= 11 is 0. The quantitative estimate of drug-likeness (QED) is 0.505. The van der Waals surface area contributed by atoms with Crippen molar-refractivity contribution in [3.8, 4) is 23.0 Å². The number of hydrogen-bond acceptors (Lipinski definition) is 0. The first kappa shape index (κ1) is 18.5. The summed E-state index contributed by atoms with van der Waals surface area (Å²) in [7, 11) is 0. The van der Waals surface area contributed by atoms with E-state index in [0.717, 1.165) is 24.3 Å². The van der Waals surface area contributed by atoms with E-state index in [1.54, 1.807) is 0 Å². The lowest BCUT2D eigenvalue weighted by atomic mass is 9.87. The summed E-state index contributed by atoms with van der Waals surface area (Å²) in [5, 5.41) is 0. The van der Waals surface area contributed by atoms with E-state index in [0.29, 0.717) is 0 Å². The van der Waals surface area contributed by atoms with Gasteiger partial charge >= 0.3 is 0 Å². The van der Waals surface area contributed by atoms with Gasteiger partial charge in [-0.3, -0.25) is 0 Å². The number of hydrogen-bond donors (Lipinski definition) is 0. The third kappa shape index (κ3) is 5.12. The molecule has 1 aliphatic rings. The Hall–Kier alpha value is -2.26. The molecule has 0 saturated carbocycles.